The van der Waals surface area contributed by atoms with Crippen molar-refractivity contribution in [3.63, 3.8) is 0 Å². The first-order chi connectivity index (χ1) is 39.3. The summed E-state index contributed by atoms with van der Waals surface area (Å²) in [6, 6.07) is 6.73. The van der Waals surface area contributed by atoms with Crippen LogP contribution in [0.25, 0.3) is 0 Å². The van der Waals surface area contributed by atoms with Crippen molar-refractivity contribution in [3.8, 4) is 5.75 Å². The number of ketones is 3. The van der Waals surface area contributed by atoms with E-state index in [0.717, 1.165) is 36.0 Å². The number of Topliss-reactive ketones (excluding diaryl/α,β-unsaturated/α-hetero) is 3. The van der Waals surface area contributed by atoms with Crippen LogP contribution in [0.15, 0.2) is 54.1 Å². The van der Waals surface area contributed by atoms with Crippen molar-refractivity contribution in [2.45, 2.75) is 173 Å². The van der Waals surface area contributed by atoms with E-state index in [0.29, 0.717) is 52.6 Å². The highest BCUT2D eigenvalue weighted by atomic mass is 79.9. The number of rotatable bonds is 26. The number of hydrogen-bond donors (Lipinski definition) is 5. The first-order valence-corrected chi connectivity index (χ1v) is 31.1. The maximum Gasteiger partial charge on any atom is 0.412 e. The van der Waals surface area contributed by atoms with E-state index in [4.69, 9.17) is 41.0 Å². The molecule has 5 amide bonds. The highest BCUT2D eigenvalue weighted by molar-refractivity contribution is 9.09. The lowest BCUT2D eigenvalue weighted by molar-refractivity contribution is -0.187. The van der Waals surface area contributed by atoms with Gasteiger partial charge in [0.15, 0.2) is 5.78 Å². The summed E-state index contributed by atoms with van der Waals surface area (Å²) >= 11 is 13.6. The fourth-order valence-electron chi connectivity index (χ4n) is 10.9. The van der Waals surface area contributed by atoms with Gasteiger partial charge in [-0.05, 0) is 93.7 Å². The molecule has 0 spiro atoms. The molecule has 6 N–H and O–H groups in total. The third-order valence-corrected chi connectivity index (χ3v) is 18.1. The zero-order valence-corrected chi connectivity index (χ0v) is 53.2. The third-order valence-electron chi connectivity index (χ3n) is 16.1. The van der Waals surface area contributed by atoms with Gasteiger partial charge in [-0.1, -0.05) is 113 Å². The number of carbonyl (C=O) groups is 8. The number of nitrogens with zero attached hydrogens (tertiary/aromatic N) is 1. The number of nitrogens with two attached hydrogens (primary N) is 1. The molecule has 0 saturated carbocycles. The van der Waals surface area contributed by atoms with Gasteiger partial charge in [0.25, 0.3) is 0 Å². The second-order valence-corrected chi connectivity index (χ2v) is 24.6. The average Bonchev–Trinajstić information content (AvgIpc) is 3.53. The molecule has 2 aromatic carbocycles. The molecule has 83 heavy (non-hydrogen) atoms. The normalized spacial score (nSPS) is 24.5. The molecule has 3 aliphatic heterocycles. The van der Waals surface area contributed by atoms with Gasteiger partial charge >= 0.3 is 18.1 Å². The molecule has 0 unspecified atom stereocenters. The lowest BCUT2D eigenvalue weighted by atomic mass is 9.78. The van der Waals surface area contributed by atoms with E-state index >= 15 is 0 Å². The summed E-state index contributed by atoms with van der Waals surface area (Å²) in [5.41, 5.74) is 6.02. The lowest BCUT2D eigenvalue weighted by Crippen LogP contribution is -2.53. The second kappa shape index (κ2) is 31.8. The van der Waals surface area contributed by atoms with Crippen LogP contribution in [0.4, 0.5) is 21.0 Å². The van der Waals surface area contributed by atoms with Crippen LogP contribution in [-0.2, 0) is 60.6 Å². The van der Waals surface area contributed by atoms with Gasteiger partial charge in [-0.25, -0.2) is 9.59 Å². The highest BCUT2D eigenvalue weighted by Crippen LogP contribution is 2.50. The summed E-state index contributed by atoms with van der Waals surface area (Å²) in [4.78, 5) is 108. The van der Waals surface area contributed by atoms with Gasteiger partial charge in [-0.2, -0.15) is 0 Å². The van der Waals surface area contributed by atoms with E-state index < -0.39 is 83.4 Å². The molecule has 0 radical (unpaired) electrons. The Morgan fingerprint density at radius 2 is 1.67 bits per heavy atom. The fourth-order valence-corrected chi connectivity index (χ4v) is 12.9. The number of halogens is 3. The number of methoxy groups -OCH3 is 2. The third kappa shape index (κ3) is 19.4. The number of hydrogen-bond acceptors (Lipinski definition) is 14. The van der Waals surface area contributed by atoms with Crippen LogP contribution < -0.4 is 31.3 Å². The van der Waals surface area contributed by atoms with Crippen molar-refractivity contribution in [2.75, 3.05) is 48.7 Å². The van der Waals surface area contributed by atoms with Crippen LogP contribution in [0.1, 0.15) is 128 Å². The number of unbranched alkanes of at least 4 members (excludes halogenated alkanes) is 3. The van der Waals surface area contributed by atoms with Gasteiger partial charge in [0.2, 0.25) is 11.8 Å². The van der Waals surface area contributed by atoms with E-state index in [1.165, 1.54) is 25.2 Å². The van der Waals surface area contributed by atoms with Crippen molar-refractivity contribution in [2.24, 2.45) is 29.4 Å². The number of primary amides is 1. The summed E-state index contributed by atoms with van der Waals surface area (Å²) in [5.74, 6) is -3.15. The number of nitrogens with one attached hydrogen (secondary N) is 3. The Morgan fingerprint density at radius 3 is 2.33 bits per heavy atom. The Labute approximate surface area is 509 Å². The molecule has 458 valence electrons. The molecule has 4 bridgehead atoms. The number of aryl methyl sites for hydroxylation is 1. The van der Waals surface area contributed by atoms with Crippen LogP contribution in [0.5, 0.6) is 5.75 Å². The smallest absolute Gasteiger partial charge is 0.412 e. The molecule has 9 atom stereocenters. The van der Waals surface area contributed by atoms with Gasteiger partial charge in [-0.15, -0.1) is 0 Å². The Bertz CT molecular complexity index is 2720. The number of fused-ring (bicyclic) bond motifs is 5. The Balaban J connectivity index is 1.32. The molecule has 5 rings (SSSR count). The zero-order chi connectivity index (χ0) is 61.3. The first-order valence-electron chi connectivity index (χ1n) is 28.5. The molecule has 2 aromatic rings. The Kier molecular flexibility index (Phi) is 26.3. The highest BCUT2D eigenvalue weighted by Gasteiger charge is 2.64. The van der Waals surface area contributed by atoms with Crippen molar-refractivity contribution in [3.05, 3.63) is 75.8 Å². The summed E-state index contributed by atoms with van der Waals surface area (Å²) in [6.45, 7) is 11.1. The Morgan fingerprint density at radius 1 is 0.976 bits per heavy atom. The summed E-state index contributed by atoms with van der Waals surface area (Å²) in [5, 5.41) is 21.7. The number of carbonyl (C=O) groups excluding carboxylic acids is 8. The number of allylic oxidation sites excluding steroid dienone is 3. The molecule has 2 fully saturated rings. The van der Waals surface area contributed by atoms with Gasteiger partial charge in [0.1, 0.15) is 46.8 Å². The maximum atomic E-state index is 14.4. The van der Waals surface area contributed by atoms with Crippen molar-refractivity contribution < 1.29 is 67.1 Å². The minimum atomic E-state index is -1.63. The second-order valence-electron chi connectivity index (χ2n) is 22.9. The predicted molar refractivity (Wildman–Crippen MR) is 324 cm³/mol. The minimum Gasteiger partial charge on any atom is -0.495 e. The van der Waals surface area contributed by atoms with Crippen LogP contribution in [0.2, 0.25) is 5.02 Å². The fraction of sp³-hybridized carbons (Fsp3) is 0.607. The summed E-state index contributed by atoms with van der Waals surface area (Å²) in [6.07, 6.45) is 4.59. The van der Waals surface area contributed by atoms with Crippen LogP contribution in [0.3, 0.4) is 0 Å². The maximum absolute atomic E-state index is 14.4. The number of anilines is 2. The van der Waals surface area contributed by atoms with Crippen LogP contribution in [0, 0.1) is 30.6 Å². The molecular weight excluding hydrogens is 1220 g/mol. The monoisotopic (exact) mass is 1300 g/mol. The molecular formula is C61H84Br2ClN5O14. The first kappa shape index (κ1) is 68.6. The molecule has 0 aromatic heterocycles. The van der Waals surface area contributed by atoms with E-state index in [-0.39, 0.29) is 92.1 Å². The van der Waals surface area contributed by atoms with Crippen molar-refractivity contribution >= 4 is 102 Å². The van der Waals surface area contributed by atoms with Gasteiger partial charge in [-0.3, -0.25) is 34.1 Å². The number of benzene rings is 2. The molecule has 3 aliphatic rings. The molecule has 22 heteroatoms. The quantitative estimate of drug-likeness (QED) is 0.0254. The molecule has 2 saturated heterocycles. The molecule has 19 nitrogen and oxygen atoms in total. The van der Waals surface area contributed by atoms with Crippen molar-refractivity contribution in [1.82, 2.24) is 10.6 Å². The topological polar surface area (TPSA) is 272 Å². The molecule has 0 aliphatic carbocycles. The number of aliphatic hydroxyl groups is 1. The minimum absolute atomic E-state index is 0.00390. The van der Waals surface area contributed by atoms with Gasteiger partial charge < -0.3 is 50.1 Å². The SMILES string of the molecule is COc1cc(CC(=O)[C@H](CCCNC(N)=O)NC(=O)[C@@H](CC(=O)CCCCCCC(=O)C(CBr)CBr)C(C)C)ccc1NC(=O)O[C@H]1CC(=O)N(C)c2cc(cc(C)c2Cl)C/C(C)=C/C=C/[C@@H](OC)[C@]2(O)CC(=O)O[C@@H](C2)[C@@H](C)[C@@H]2O[C@@]12C. The standard InChI is InChI=1S/C61H84Br2ClN5O14/c1-35(2)43(29-42(70)17-12-10-11-13-19-47(71)41(33-62)34-63)57(75)67-44(18-15-23-66-58(65)76)48(72)27-39-21-22-45(49(28-39)79-8)68-59(77)82-52-30-53(73)69(7)46-26-40(25-37(4)55(46)64)24-36(3)16-14-20-51(80-9)61(78)31-50(81-54(74)32-61)38(5)56-60(52,6)83-56/h14,16,20-22,25-26,28,35,38,41,43-44,50-52,56,78H,10-13,15,17-19,23-24,27,29-34H2,1-9H3,(H,67,75)(H,68,77)(H3,65,66,76)/b20-14+,36-16+/t38-,43+,44+,50+,51-,52+,56+,60+,61-/m1/s1. The predicted octanol–water partition coefficient (Wildman–Crippen LogP) is 9.52. The van der Waals surface area contributed by atoms with Gasteiger partial charge in [0.05, 0.1) is 48.5 Å². The number of urea groups is 1. The number of amides is 5. The largest absolute Gasteiger partial charge is 0.495 e. The van der Waals surface area contributed by atoms with E-state index in [1.54, 1.807) is 45.2 Å². The molecule has 3 heterocycles. The van der Waals surface area contributed by atoms with E-state index in [9.17, 15) is 43.5 Å². The zero-order valence-electron chi connectivity index (χ0n) is 49.2. The van der Waals surface area contributed by atoms with E-state index in [2.05, 4.69) is 47.8 Å². The van der Waals surface area contributed by atoms with Crippen LogP contribution in [-0.4, -0.2) is 132 Å². The number of alkyl halides is 2. The Hall–Kier alpha value is -5.19. The number of epoxide rings is 1. The summed E-state index contributed by atoms with van der Waals surface area (Å²) in [7, 11) is 4.43. The van der Waals surface area contributed by atoms with Crippen LogP contribution >= 0.6 is 43.5 Å². The van der Waals surface area contributed by atoms with Crippen molar-refractivity contribution in [1.29, 1.82) is 0 Å². The van der Waals surface area contributed by atoms with Gasteiger partial charge in [0, 0.05) is 81.2 Å². The van der Waals surface area contributed by atoms with E-state index in [1.807, 2.05) is 45.9 Å². The number of esters is 1. The lowest BCUT2D eigenvalue weighted by Gasteiger charge is -2.41. The number of ether oxygens (including phenoxy) is 5. The summed E-state index contributed by atoms with van der Waals surface area (Å²) < 4.78 is 29.8. The average molecular weight is 1310 g/mol.